The summed E-state index contributed by atoms with van der Waals surface area (Å²) >= 11 is 0. The molecule has 2 aromatic rings. The molecule has 0 amide bonds. The lowest BCUT2D eigenvalue weighted by Gasteiger charge is -2.22. The highest BCUT2D eigenvalue weighted by Crippen LogP contribution is 2.26. The molecule has 0 aliphatic carbocycles. The summed E-state index contributed by atoms with van der Waals surface area (Å²) in [7, 11) is 1.71. The summed E-state index contributed by atoms with van der Waals surface area (Å²) in [5.41, 5.74) is 6.59. The molecule has 0 saturated heterocycles. The zero-order valence-electron chi connectivity index (χ0n) is 12.3. The number of methoxy groups -OCH3 is 1. The van der Waals surface area contributed by atoms with Crippen molar-refractivity contribution in [2.75, 3.05) is 13.7 Å². The third-order valence-electron chi connectivity index (χ3n) is 3.56. The van der Waals surface area contributed by atoms with Crippen LogP contribution < -0.4 is 10.5 Å². The third-order valence-corrected chi connectivity index (χ3v) is 3.56. The second-order valence-corrected chi connectivity index (χ2v) is 5.40. The zero-order valence-corrected chi connectivity index (χ0v) is 12.3. The highest BCUT2D eigenvalue weighted by molar-refractivity contribution is 5.89. The Morgan fingerprint density at radius 1 is 1.20 bits per heavy atom. The SMILES string of the molecule is COC(C)(C)CCOc1ncc(CN)c2ccccc12. The van der Waals surface area contributed by atoms with E-state index in [9.17, 15) is 0 Å². The number of benzene rings is 1. The smallest absolute Gasteiger partial charge is 0.221 e. The van der Waals surface area contributed by atoms with Gasteiger partial charge < -0.3 is 15.2 Å². The van der Waals surface area contributed by atoms with Gasteiger partial charge in [0.15, 0.2) is 0 Å². The van der Waals surface area contributed by atoms with E-state index in [0.717, 1.165) is 22.8 Å². The van der Waals surface area contributed by atoms with Gasteiger partial charge in [-0.15, -0.1) is 0 Å². The quantitative estimate of drug-likeness (QED) is 0.880. The van der Waals surface area contributed by atoms with E-state index in [-0.39, 0.29) is 5.60 Å². The second kappa shape index (κ2) is 6.20. The average molecular weight is 274 g/mol. The number of hydrogen-bond donors (Lipinski definition) is 1. The highest BCUT2D eigenvalue weighted by atomic mass is 16.5. The van der Waals surface area contributed by atoms with Crippen LogP contribution in [0.15, 0.2) is 30.5 Å². The van der Waals surface area contributed by atoms with Crippen LogP contribution in [0.2, 0.25) is 0 Å². The molecule has 1 aromatic carbocycles. The molecular formula is C16H22N2O2. The Bertz CT molecular complexity index is 582. The van der Waals surface area contributed by atoms with Gasteiger partial charge in [0.05, 0.1) is 12.2 Å². The van der Waals surface area contributed by atoms with E-state index in [0.29, 0.717) is 19.0 Å². The van der Waals surface area contributed by atoms with Crippen LogP contribution in [-0.2, 0) is 11.3 Å². The van der Waals surface area contributed by atoms with Crippen LogP contribution in [0.1, 0.15) is 25.8 Å². The van der Waals surface area contributed by atoms with Gasteiger partial charge >= 0.3 is 0 Å². The molecular weight excluding hydrogens is 252 g/mol. The Hall–Kier alpha value is -1.65. The number of nitrogens with two attached hydrogens (primary N) is 1. The fourth-order valence-electron chi connectivity index (χ4n) is 2.00. The number of rotatable bonds is 6. The number of ether oxygens (including phenoxy) is 2. The summed E-state index contributed by atoms with van der Waals surface area (Å²) in [6.07, 6.45) is 2.59. The maximum absolute atomic E-state index is 5.82. The van der Waals surface area contributed by atoms with E-state index in [1.165, 1.54) is 0 Å². The minimum absolute atomic E-state index is 0.187. The van der Waals surface area contributed by atoms with E-state index in [4.69, 9.17) is 15.2 Å². The summed E-state index contributed by atoms with van der Waals surface area (Å²) in [6, 6.07) is 8.04. The summed E-state index contributed by atoms with van der Waals surface area (Å²) < 4.78 is 11.2. The Morgan fingerprint density at radius 2 is 1.90 bits per heavy atom. The summed E-state index contributed by atoms with van der Waals surface area (Å²) in [6.45, 7) is 5.13. The molecule has 108 valence electrons. The molecule has 0 aliphatic heterocycles. The molecule has 20 heavy (non-hydrogen) atoms. The van der Waals surface area contributed by atoms with Gasteiger partial charge in [-0.1, -0.05) is 18.2 Å². The summed E-state index contributed by atoms with van der Waals surface area (Å²) in [5.74, 6) is 0.657. The first kappa shape index (κ1) is 14.8. The van der Waals surface area contributed by atoms with Crippen molar-refractivity contribution >= 4 is 10.8 Å². The van der Waals surface area contributed by atoms with Crippen molar-refractivity contribution in [2.24, 2.45) is 5.73 Å². The van der Waals surface area contributed by atoms with Gasteiger partial charge in [0.2, 0.25) is 5.88 Å². The lowest BCUT2D eigenvalue weighted by Crippen LogP contribution is -2.25. The molecule has 0 radical (unpaired) electrons. The highest BCUT2D eigenvalue weighted by Gasteiger charge is 2.16. The van der Waals surface area contributed by atoms with Crippen molar-refractivity contribution in [2.45, 2.75) is 32.4 Å². The van der Waals surface area contributed by atoms with Crippen LogP contribution in [-0.4, -0.2) is 24.3 Å². The molecule has 0 aliphatic rings. The Labute approximate surface area is 119 Å². The normalized spacial score (nSPS) is 11.8. The van der Waals surface area contributed by atoms with Gasteiger partial charge in [-0.25, -0.2) is 4.98 Å². The first-order valence-corrected chi connectivity index (χ1v) is 6.82. The summed E-state index contributed by atoms with van der Waals surface area (Å²) in [4.78, 5) is 4.38. The predicted molar refractivity (Wildman–Crippen MR) is 80.8 cm³/mol. The number of pyridine rings is 1. The van der Waals surface area contributed by atoms with Gasteiger partial charge in [-0.3, -0.25) is 0 Å². The molecule has 0 bridgehead atoms. The number of aromatic nitrogens is 1. The molecule has 1 aromatic heterocycles. The Balaban J connectivity index is 2.19. The van der Waals surface area contributed by atoms with Gasteiger partial charge in [-0.2, -0.15) is 0 Å². The Kier molecular flexibility index (Phi) is 4.57. The van der Waals surface area contributed by atoms with Gasteiger partial charge in [0.1, 0.15) is 0 Å². The molecule has 4 heteroatoms. The van der Waals surface area contributed by atoms with E-state index in [2.05, 4.69) is 4.98 Å². The van der Waals surface area contributed by atoms with Crippen LogP contribution in [0.4, 0.5) is 0 Å². The van der Waals surface area contributed by atoms with Gasteiger partial charge in [0.25, 0.3) is 0 Å². The molecule has 0 saturated carbocycles. The van der Waals surface area contributed by atoms with Crippen LogP contribution in [0.25, 0.3) is 10.8 Å². The first-order valence-electron chi connectivity index (χ1n) is 6.82. The van der Waals surface area contributed by atoms with E-state index >= 15 is 0 Å². The van der Waals surface area contributed by atoms with Crippen molar-refractivity contribution in [3.8, 4) is 5.88 Å². The van der Waals surface area contributed by atoms with Crippen molar-refractivity contribution in [3.63, 3.8) is 0 Å². The lowest BCUT2D eigenvalue weighted by molar-refractivity contribution is 0.00522. The fourth-order valence-corrected chi connectivity index (χ4v) is 2.00. The Morgan fingerprint density at radius 3 is 2.55 bits per heavy atom. The van der Waals surface area contributed by atoms with E-state index < -0.39 is 0 Å². The molecule has 2 N–H and O–H groups in total. The van der Waals surface area contributed by atoms with Crippen molar-refractivity contribution in [3.05, 3.63) is 36.0 Å². The minimum Gasteiger partial charge on any atom is -0.477 e. The number of hydrogen-bond acceptors (Lipinski definition) is 4. The van der Waals surface area contributed by atoms with Crippen LogP contribution in [0, 0.1) is 0 Å². The van der Waals surface area contributed by atoms with E-state index in [1.54, 1.807) is 13.3 Å². The van der Waals surface area contributed by atoms with Crippen LogP contribution in [0.5, 0.6) is 5.88 Å². The predicted octanol–water partition coefficient (Wildman–Crippen LogP) is 2.89. The zero-order chi connectivity index (χ0) is 14.6. The molecule has 0 spiro atoms. The molecule has 0 atom stereocenters. The van der Waals surface area contributed by atoms with Crippen molar-refractivity contribution in [1.82, 2.24) is 4.98 Å². The largest absolute Gasteiger partial charge is 0.477 e. The summed E-state index contributed by atoms with van der Waals surface area (Å²) in [5, 5.41) is 2.11. The average Bonchev–Trinajstić information content (AvgIpc) is 2.47. The molecule has 2 rings (SSSR count). The topological polar surface area (TPSA) is 57.4 Å². The molecule has 0 fully saturated rings. The van der Waals surface area contributed by atoms with Gasteiger partial charge in [-0.05, 0) is 30.9 Å². The van der Waals surface area contributed by atoms with Crippen molar-refractivity contribution in [1.29, 1.82) is 0 Å². The number of nitrogens with zero attached hydrogens (tertiary/aromatic N) is 1. The monoisotopic (exact) mass is 274 g/mol. The number of fused-ring (bicyclic) bond motifs is 1. The van der Waals surface area contributed by atoms with Crippen LogP contribution >= 0.6 is 0 Å². The minimum atomic E-state index is -0.187. The van der Waals surface area contributed by atoms with Crippen LogP contribution in [0.3, 0.4) is 0 Å². The fraction of sp³-hybridized carbons (Fsp3) is 0.438. The van der Waals surface area contributed by atoms with Gasteiger partial charge in [0, 0.05) is 31.7 Å². The molecule has 0 unspecified atom stereocenters. The molecule has 4 nitrogen and oxygen atoms in total. The standard InChI is InChI=1S/C16H22N2O2/c1-16(2,19-3)8-9-20-15-14-7-5-4-6-13(14)12(10-17)11-18-15/h4-7,11H,8-10,17H2,1-3H3. The maximum Gasteiger partial charge on any atom is 0.221 e. The third kappa shape index (κ3) is 3.26. The van der Waals surface area contributed by atoms with Crippen molar-refractivity contribution < 1.29 is 9.47 Å². The first-order chi connectivity index (χ1) is 9.57. The van der Waals surface area contributed by atoms with E-state index in [1.807, 2.05) is 38.1 Å². The lowest BCUT2D eigenvalue weighted by atomic mass is 10.1. The second-order valence-electron chi connectivity index (χ2n) is 5.40. The molecule has 1 heterocycles. The maximum atomic E-state index is 5.82.